The minimum absolute atomic E-state index is 0.111. The molecule has 2 rings (SSSR count). The Morgan fingerprint density at radius 2 is 2.14 bits per heavy atom. The van der Waals surface area contributed by atoms with Crippen LogP contribution in [0, 0.1) is 0 Å². The third kappa shape index (κ3) is 3.79. The molecule has 0 saturated heterocycles. The summed E-state index contributed by atoms with van der Waals surface area (Å²) in [5, 5.41) is 22.3. The molecule has 2 N–H and O–H groups in total. The molecule has 6 nitrogen and oxygen atoms in total. The first-order valence-electron chi connectivity index (χ1n) is 6.19. The van der Waals surface area contributed by atoms with Crippen LogP contribution in [0.4, 0.5) is 5.13 Å². The Morgan fingerprint density at radius 3 is 2.71 bits per heavy atom. The molecule has 0 spiro atoms. The van der Waals surface area contributed by atoms with Crippen molar-refractivity contribution in [3.8, 4) is 10.6 Å². The fourth-order valence-electron chi connectivity index (χ4n) is 1.74. The number of carboxylic acids is 2. The first-order chi connectivity index (χ1) is 9.99. The van der Waals surface area contributed by atoms with Crippen LogP contribution in [0.3, 0.4) is 0 Å². The van der Waals surface area contributed by atoms with Gasteiger partial charge < -0.3 is 15.1 Å². The number of aliphatic carboxylic acids is 2. The number of nitrogens with zero attached hydrogens (tertiary/aromatic N) is 2. The van der Waals surface area contributed by atoms with E-state index in [4.69, 9.17) is 10.2 Å². The second-order valence-corrected chi connectivity index (χ2v) is 6.13. The fraction of sp³-hybridized carbons (Fsp3) is 0.308. The largest absolute Gasteiger partial charge is 0.481 e. The van der Waals surface area contributed by atoms with Gasteiger partial charge in [0.15, 0.2) is 5.13 Å². The fourth-order valence-corrected chi connectivity index (χ4v) is 3.43. The number of hydrogen-bond acceptors (Lipinski definition) is 6. The molecule has 0 radical (unpaired) electrons. The average Bonchev–Trinajstić information content (AvgIpc) is 3.08. The summed E-state index contributed by atoms with van der Waals surface area (Å²) in [6.07, 6.45) is -0.133. The quantitative estimate of drug-likeness (QED) is 0.813. The molecule has 0 aromatic carbocycles. The van der Waals surface area contributed by atoms with Crippen molar-refractivity contribution in [3.05, 3.63) is 22.9 Å². The molecule has 8 heteroatoms. The number of hydrogen-bond donors (Lipinski definition) is 2. The lowest BCUT2D eigenvalue weighted by atomic mass is 10.3. The summed E-state index contributed by atoms with van der Waals surface area (Å²) >= 11 is 2.87. The summed E-state index contributed by atoms with van der Waals surface area (Å²) in [6, 6.07) is 3.03. The van der Waals surface area contributed by atoms with Crippen LogP contribution in [-0.4, -0.2) is 39.7 Å². The number of aromatic nitrogens is 1. The minimum atomic E-state index is -1.01. The molecule has 0 aliphatic heterocycles. The lowest BCUT2D eigenvalue weighted by Crippen LogP contribution is -2.40. The van der Waals surface area contributed by atoms with Gasteiger partial charge in [-0.05, 0) is 18.4 Å². The van der Waals surface area contributed by atoms with Crippen molar-refractivity contribution in [2.45, 2.75) is 19.4 Å². The number of anilines is 1. The minimum Gasteiger partial charge on any atom is -0.481 e. The van der Waals surface area contributed by atoms with Crippen LogP contribution in [-0.2, 0) is 9.59 Å². The Labute approximate surface area is 129 Å². The van der Waals surface area contributed by atoms with Gasteiger partial charge in [-0.2, -0.15) is 0 Å². The third-order valence-corrected chi connectivity index (χ3v) is 4.67. The smallest absolute Gasteiger partial charge is 0.326 e. The molecule has 2 aromatic heterocycles. The summed E-state index contributed by atoms with van der Waals surface area (Å²) < 4.78 is 0. The Balaban J connectivity index is 2.23. The van der Waals surface area contributed by atoms with Gasteiger partial charge in [-0.3, -0.25) is 4.79 Å². The maximum atomic E-state index is 11.2. The molecule has 2 heterocycles. The molecule has 0 aliphatic carbocycles. The number of thiazole rings is 1. The van der Waals surface area contributed by atoms with E-state index in [1.165, 1.54) is 23.2 Å². The first kappa shape index (κ1) is 15.5. The molecule has 1 atom stereocenters. The van der Waals surface area contributed by atoms with Gasteiger partial charge >= 0.3 is 11.9 Å². The van der Waals surface area contributed by atoms with Crippen molar-refractivity contribution in [1.82, 2.24) is 4.98 Å². The van der Waals surface area contributed by atoms with Gasteiger partial charge in [-0.1, -0.05) is 6.07 Å². The number of carboxylic acid groups (broad SMARTS) is 2. The highest BCUT2D eigenvalue weighted by atomic mass is 32.1. The topological polar surface area (TPSA) is 90.7 Å². The molecule has 0 fully saturated rings. The van der Waals surface area contributed by atoms with Gasteiger partial charge in [-0.15, -0.1) is 22.7 Å². The van der Waals surface area contributed by atoms with Crippen LogP contribution in [0.2, 0.25) is 0 Å². The summed E-state index contributed by atoms with van der Waals surface area (Å²) in [5.74, 6) is -1.97. The van der Waals surface area contributed by atoms with Crippen molar-refractivity contribution in [2.24, 2.45) is 0 Å². The predicted molar refractivity (Wildman–Crippen MR) is 82.1 cm³/mol. The molecule has 21 heavy (non-hydrogen) atoms. The van der Waals surface area contributed by atoms with Gasteiger partial charge in [0.05, 0.1) is 17.0 Å². The van der Waals surface area contributed by atoms with E-state index in [0.717, 1.165) is 10.6 Å². The van der Waals surface area contributed by atoms with Crippen molar-refractivity contribution in [2.75, 3.05) is 11.4 Å². The molecule has 0 amide bonds. The second kappa shape index (κ2) is 6.68. The Bertz CT molecular complexity index is 624. The highest BCUT2D eigenvalue weighted by Crippen LogP contribution is 2.31. The Kier molecular flexibility index (Phi) is 4.92. The summed E-state index contributed by atoms with van der Waals surface area (Å²) in [6.45, 7) is 1.64. The molecular formula is C13H14N2O4S2. The zero-order valence-corrected chi connectivity index (χ0v) is 12.9. The molecular weight excluding hydrogens is 312 g/mol. The lowest BCUT2D eigenvalue weighted by Gasteiger charge is -2.25. The number of carbonyl (C=O) groups is 2. The molecule has 0 saturated carbocycles. The van der Waals surface area contributed by atoms with Crippen LogP contribution in [0.1, 0.15) is 13.3 Å². The van der Waals surface area contributed by atoms with Gasteiger partial charge in [0, 0.05) is 11.9 Å². The second-order valence-electron chi connectivity index (χ2n) is 4.34. The molecule has 1 unspecified atom stereocenters. The zero-order valence-electron chi connectivity index (χ0n) is 11.2. The molecule has 0 aliphatic rings. The number of rotatable bonds is 7. The van der Waals surface area contributed by atoms with Crippen LogP contribution >= 0.6 is 22.7 Å². The Hall–Kier alpha value is -1.93. The summed E-state index contributed by atoms with van der Waals surface area (Å²) in [4.78, 5) is 28.9. The first-order valence-corrected chi connectivity index (χ1v) is 7.95. The van der Waals surface area contributed by atoms with Gasteiger partial charge in [0.2, 0.25) is 0 Å². The standard InChI is InChI=1S/C13H14N2O4S2/c1-8(12(18)19)15(5-4-11(16)17)13-14-9(7-21-13)10-3-2-6-20-10/h2-3,6-8H,4-5H2,1H3,(H,16,17)(H,18,19). The maximum absolute atomic E-state index is 11.2. The van der Waals surface area contributed by atoms with E-state index in [1.807, 2.05) is 22.9 Å². The van der Waals surface area contributed by atoms with Gasteiger partial charge in [0.1, 0.15) is 6.04 Å². The highest BCUT2D eigenvalue weighted by molar-refractivity contribution is 7.16. The van der Waals surface area contributed by atoms with E-state index < -0.39 is 18.0 Å². The third-order valence-electron chi connectivity index (χ3n) is 2.90. The summed E-state index contributed by atoms with van der Waals surface area (Å²) in [7, 11) is 0. The van der Waals surface area contributed by atoms with Gasteiger partial charge in [0.25, 0.3) is 0 Å². The van der Waals surface area contributed by atoms with E-state index >= 15 is 0 Å². The van der Waals surface area contributed by atoms with E-state index in [9.17, 15) is 9.59 Å². The van der Waals surface area contributed by atoms with Crippen molar-refractivity contribution in [3.63, 3.8) is 0 Å². The van der Waals surface area contributed by atoms with Crippen LogP contribution in [0.25, 0.3) is 10.6 Å². The molecule has 2 aromatic rings. The van der Waals surface area contributed by atoms with E-state index in [0.29, 0.717) is 5.13 Å². The van der Waals surface area contributed by atoms with E-state index in [2.05, 4.69) is 4.98 Å². The van der Waals surface area contributed by atoms with E-state index in [-0.39, 0.29) is 13.0 Å². The maximum Gasteiger partial charge on any atom is 0.326 e. The van der Waals surface area contributed by atoms with Crippen molar-refractivity contribution in [1.29, 1.82) is 0 Å². The average molecular weight is 326 g/mol. The van der Waals surface area contributed by atoms with E-state index in [1.54, 1.807) is 11.3 Å². The monoisotopic (exact) mass is 326 g/mol. The van der Waals surface area contributed by atoms with Crippen LogP contribution in [0.5, 0.6) is 0 Å². The molecule has 0 bridgehead atoms. The molecule has 112 valence electrons. The predicted octanol–water partition coefficient (Wildman–Crippen LogP) is 2.63. The van der Waals surface area contributed by atoms with Crippen LogP contribution in [0.15, 0.2) is 22.9 Å². The SMILES string of the molecule is CC(C(=O)O)N(CCC(=O)O)c1nc(-c2cccs2)cs1. The number of thiophene rings is 1. The van der Waals surface area contributed by atoms with Crippen molar-refractivity contribution >= 4 is 39.7 Å². The highest BCUT2D eigenvalue weighted by Gasteiger charge is 2.24. The normalized spacial score (nSPS) is 12.0. The zero-order chi connectivity index (χ0) is 15.4. The lowest BCUT2D eigenvalue weighted by molar-refractivity contribution is -0.139. The Morgan fingerprint density at radius 1 is 1.38 bits per heavy atom. The van der Waals surface area contributed by atoms with Crippen molar-refractivity contribution < 1.29 is 19.8 Å². The summed E-state index contributed by atoms with van der Waals surface area (Å²) in [5.41, 5.74) is 0.780. The van der Waals surface area contributed by atoms with Gasteiger partial charge in [-0.25, -0.2) is 9.78 Å². The van der Waals surface area contributed by atoms with Crippen LogP contribution < -0.4 is 4.90 Å².